The second-order valence-corrected chi connectivity index (χ2v) is 3.25. The predicted molar refractivity (Wildman–Crippen MR) is 60.8 cm³/mol. The van der Waals surface area contributed by atoms with Gasteiger partial charge in [0.25, 0.3) is 0 Å². The van der Waals surface area contributed by atoms with Crippen LogP contribution in [0.3, 0.4) is 0 Å². The van der Waals surface area contributed by atoms with Crippen molar-refractivity contribution in [2.45, 2.75) is 0 Å². The van der Waals surface area contributed by atoms with E-state index < -0.39 is 5.82 Å². The number of halogens is 1. The maximum absolute atomic E-state index is 12.9. The summed E-state index contributed by atoms with van der Waals surface area (Å²) in [4.78, 5) is 7.66. The molecule has 3 N–H and O–H groups in total. The summed E-state index contributed by atoms with van der Waals surface area (Å²) in [6, 6.07) is 5.73. The van der Waals surface area contributed by atoms with E-state index in [4.69, 9.17) is 11.0 Å². The first-order valence-corrected chi connectivity index (χ1v) is 4.73. The van der Waals surface area contributed by atoms with Gasteiger partial charge in [0, 0.05) is 0 Å². The molecule has 17 heavy (non-hydrogen) atoms. The van der Waals surface area contributed by atoms with Crippen LogP contribution in [0.2, 0.25) is 0 Å². The quantitative estimate of drug-likeness (QED) is 0.819. The number of nitrogen functional groups attached to an aromatic ring is 1. The summed E-state index contributed by atoms with van der Waals surface area (Å²) in [5.74, 6) is -0.0918. The fourth-order valence-electron chi connectivity index (χ4n) is 1.29. The summed E-state index contributed by atoms with van der Waals surface area (Å²) in [6.07, 6.45) is 2.76. The van der Waals surface area contributed by atoms with E-state index in [2.05, 4.69) is 15.3 Å². The molecule has 0 aliphatic carbocycles. The Bertz CT molecular complexity index is 591. The summed E-state index contributed by atoms with van der Waals surface area (Å²) in [6.45, 7) is 0. The molecular formula is C11H8FN5. The number of anilines is 3. The molecule has 0 amide bonds. The molecule has 2 aromatic rings. The first-order valence-electron chi connectivity index (χ1n) is 4.73. The number of rotatable bonds is 2. The van der Waals surface area contributed by atoms with Gasteiger partial charge in [0.15, 0.2) is 5.82 Å². The van der Waals surface area contributed by atoms with E-state index in [0.717, 1.165) is 6.07 Å². The predicted octanol–water partition coefficient (Wildman–Crippen LogP) is 1.81. The Labute approximate surface area is 96.7 Å². The Hall–Kier alpha value is -2.68. The molecule has 5 nitrogen and oxygen atoms in total. The van der Waals surface area contributed by atoms with Gasteiger partial charge in [0.1, 0.15) is 18.2 Å². The fourth-order valence-corrected chi connectivity index (χ4v) is 1.29. The number of hydrogen-bond acceptors (Lipinski definition) is 5. The van der Waals surface area contributed by atoms with Crippen molar-refractivity contribution in [3.63, 3.8) is 0 Å². The minimum Gasteiger partial charge on any atom is -0.394 e. The molecule has 1 aromatic heterocycles. The highest BCUT2D eigenvalue weighted by molar-refractivity contribution is 5.71. The van der Waals surface area contributed by atoms with Crippen molar-refractivity contribution < 1.29 is 4.39 Å². The van der Waals surface area contributed by atoms with E-state index in [1.54, 1.807) is 0 Å². The molecule has 0 saturated heterocycles. The minimum absolute atomic E-state index is 0.183. The van der Waals surface area contributed by atoms with Crippen molar-refractivity contribution in [3.8, 4) is 6.07 Å². The molecule has 1 aromatic carbocycles. The highest BCUT2D eigenvalue weighted by atomic mass is 19.1. The van der Waals surface area contributed by atoms with Crippen molar-refractivity contribution in [3.05, 3.63) is 42.1 Å². The smallest absolute Gasteiger partial charge is 0.157 e. The highest BCUT2D eigenvalue weighted by Gasteiger charge is 2.06. The Morgan fingerprint density at radius 2 is 2.24 bits per heavy atom. The molecule has 2 rings (SSSR count). The summed E-state index contributed by atoms with van der Waals surface area (Å²) in [7, 11) is 0. The standard InChI is InChI=1S/C11H8FN5/c12-8-1-2-10(7(3-8)4-13)17-11-9(14)5-15-6-16-11/h1-3,5-6H,14H2,(H,15,16,17). The number of nitrogens with two attached hydrogens (primary N) is 1. The molecule has 0 aliphatic heterocycles. The number of benzene rings is 1. The number of hydrogen-bond donors (Lipinski definition) is 2. The second-order valence-electron chi connectivity index (χ2n) is 3.25. The molecule has 0 atom stereocenters. The summed E-state index contributed by atoms with van der Waals surface area (Å²) < 4.78 is 12.9. The van der Waals surface area contributed by atoms with Gasteiger partial charge in [-0.3, -0.25) is 0 Å². The number of nitriles is 1. The van der Waals surface area contributed by atoms with Gasteiger partial charge >= 0.3 is 0 Å². The molecule has 0 radical (unpaired) electrons. The Morgan fingerprint density at radius 3 is 2.94 bits per heavy atom. The lowest BCUT2D eigenvalue weighted by molar-refractivity contribution is 0.627. The van der Waals surface area contributed by atoms with Crippen molar-refractivity contribution >= 4 is 17.2 Å². The number of aromatic nitrogens is 2. The van der Waals surface area contributed by atoms with E-state index in [0.29, 0.717) is 17.2 Å². The molecule has 0 spiro atoms. The molecule has 6 heteroatoms. The van der Waals surface area contributed by atoms with E-state index >= 15 is 0 Å². The fraction of sp³-hybridized carbons (Fsp3) is 0. The van der Waals surface area contributed by atoms with Crippen LogP contribution in [-0.4, -0.2) is 9.97 Å². The van der Waals surface area contributed by atoms with Crippen molar-refractivity contribution in [2.24, 2.45) is 0 Å². The molecule has 1 heterocycles. The van der Waals surface area contributed by atoms with Crippen LogP contribution in [0.1, 0.15) is 5.56 Å². The first-order chi connectivity index (χ1) is 8.20. The molecule has 0 saturated carbocycles. The van der Waals surface area contributed by atoms with Gasteiger partial charge in [-0.2, -0.15) is 5.26 Å². The third kappa shape index (κ3) is 2.29. The second kappa shape index (κ2) is 4.45. The molecular weight excluding hydrogens is 221 g/mol. The van der Waals surface area contributed by atoms with Gasteiger partial charge in [-0.15, -0.1) is 0 Å². The SMILES string of the molecule is N#Cc1cc(F)ccc1Nc1ncncc1N. The van der Waals surface area contributed by atoms with Crippen molar-refractivity contribution in [2.75, 3.05) is 11.1 Å². The topological polar surface area (TPSA) is 87.6 Å². The van der Waals surface area contributed by atoms with Crippen LogP contribution < -0.4 is 11.1 Å². The van der Waals surface area contributed by atoms with Crippen LogP contribution in [0.15, 0.2) is 30.7 Å². The number of nitrogens with zero attached hydrogens (tertiary/aromatic N) is 3. The molecule has 84 valence electrons. The zero-order valence-corrected chi connectivity index (χ0v) is 8.68. The van der Waals surface area contributed by atoms with E-state index in [1.165, 1.54) is 24.7 Å². The van der Waals surface area contributed by atoms with Crippen LogP contribution in [0.25, 0.3) is 0 Å². The van der Waals surface area contributed by atoms with E-state index in [1.807, 2.05) is 6.07 Å². The highest BCUT2D eigenvalue weighted by Crippen LogP contribution is 2.22. The van der Waals surface area contributed by atoms with Crippen molar-refractivity contribution in [1.29, 1.82) is 5.26 Å². The van der Waals surface area contributed by atoms with Gasteiger partial charge in [-0.1, -0.05) is 0 Å². The third-order valence-electron chi connectivity index (χ3n) is 2.10. The monoisotopic (exact) mass is 229 g/mol. The first kappa shape index (κ1) is 10.8. The lowest BCUT2D eigenvalue weighted by atomic mass is 10.2. The number of nitrogens with one attached hydrogen (secondary N) is 1. The maximum Gasteiger partial charge on any atom is 0.157 e. The van der Waals surface area contributed by atoms with E-state index in [-0.39, 0.29) is 5.56 Å². The van der Waals surface area contributed by atoms with Crippen molar-refractivity contribution in [1.82, 2.24) is 9.97 Å². The largest absolute Gasteiger partial charge is 0.394 e. The Balaban J connectivity index is 2.37. The zero-order valence-electron chi connectivity index (χ0n) is 8.68. The van der Waals surface area contributed by atoms with Crippen LogP contribution in [0, 0.1) is 17.1 Å². The summed E-state index contributed by atoms with van der Waals surface area (Å²) >= 11 is 0. The van der Waals surface area contributed by atoms with Crippen LogP contribution in [0.5, 0.6) is 0 Å². The minimum atomic E-state index is -0.470. The average molecular weight is 229 g/mol. The summed E-state index contributed by atoms with van der Waals surface area (Å²) in [5.41, 5.74) is 6.62. The Kier molecular flexibility index (Phi) is 2.83. The van der Waals surface area contributed by atoms with Crippen LogP contribution in [0.4, 0.5) is 21.6 Å². The maximum atomic E-state index is 12.9. The van der Waals surface area contributed by atoms with Gasteiger partial charge in [-0.05, 0) is 18.2 Å². The zero-order chi connectivity index (χ0) is 12.3. The molecule has 0 unspecified atom stereocenters. The van der Waals surface area contributed by atoms with Gasteiger partial charge in [0.2, 0.25) is 0 Å². The van der Waals surface area contributed by atoms with E-state index in [9.17, 15) is 4.39 Å². The summed E-state index contributed by atoms with van der Waals surface area (Å²) in [5, 5.41) is 11.7. The molecule has 0 bridgehead atoms. The van der Waals surface area contributed by atoms with Crippen LogP contribution >= 0.6 is 0 Å². The molecule has 0 aliphatic rings. The molecule has 0 fully saturated rings. The van der Waals surface area contributed by atoms with Crippen LogP contribution in [-0.2, 0) is 0 Å². The third-order valence-corrected chi connectivity index (χ3v) is 2.10. The van der Waals surface area contributed by atoms with Gasteiger partial charge < -0.3 is 11.1 Å². The lowest BCUT2D eigenvalue weighted by Crippen LogP contribution is -2.01. The lowest BCUT2D eigenvalue weighted by Gasteiger charge is -2.08. The normalized spacial score (nSPS) is 9.65. The van der Waals surface area contributed by atoms with Gasteiger partial charge in [0.05, 0.1) is 23.1 Å². The average Bonchev–Trinajstić information content (AvgIpc) is 2.34. The van der Waals surface area contributed by atoms with Gasteiger partial charge in [-0.25, -0.2) is 14.4 Å². The Morgan fingerprint density at radius 1 is 1.41 bits per heavy atom.